The minimum atomic E-state index is -0.0818. The van der Waals surface area contributed by atoms with Crippen LogP contribution in [0.15, 0.2) is 22.7 Å². The van der Waals surface area contributed by atoms with Crippen molar-refractivity contribution in [3.8, 4) is 0 Å². The number of hydrogen-bond donors (Lipinski definition) is 1. The quantitative estimate of drug-likeness (QED) is 0.867. The highest BCUT2D eigenvalue weighted by molar-refractivity contribution is 9.10. The van der Waals surface area contributed by atoms with E-state index >= 15 is 0 Å². The summed E-state index contributed by atoms with van der Waals surface area (Å²) in [7, 11) is 0. The lowest BCUT2D eigenvalue weighted by Gasteiger charge is -2.34. The number of nitrogens with one attached hydrogen (secondary N) is 1. The fraction of sp³-hybridized carbons (Fsp3) is 0.529. The number of rotatable bonds is 4. The van der Waals surface area contributed by atoms with Crippen molar-refractivity contribution in [3.05, 3.63) is 33.8 Å². The van der Waals surface area contributed by atoms with Crippen molar-refractivity contribution in [3.63, 3.8) is 0 Å². The van der Waals surface area contributed by atoms with Crippen LogP contribution in [0, 0.1) is 5.92 Å². The van der Waals surface area contributed by atoms with Crippen LogP contribution in [-0.4, -0.2) is 49.6 Å². The number of hydrogen-bond acceptors (Lipinski definition) is 3. The van der Waals surface area contributed by atoms with E-state index in [1.165, 1.54) is 0 Å². The molecule has 2 heterocycles. The molecule has 0 unspecified atom stereocenters. The van der Waals surface area contributed by atoms with Crippen LogP contribution in [0.3, 0.4) is 0 Å². The summed E-state index contributed by atoms with van der Waals surface area (Å²) in [6, 6.07) is 5.83. The van der Waals surface area contributed by atoms with E-state index < -0.39 is 0 Å². The number of halogens is 1. The van der Waals surface area contributed by atoms with Crippen LogP contribution < -0.4 is 5.32 Å². The largest absolute Gasteiger partial charge is 0.381 e. The summed E-state index contributed by atoms with van der Waals surface area (Å²) < 4.78 is 6.10. The first-order valence-corrected chi connectivity index (χ1v) is 8.80. The molecule has 1 saturated carbocycles. The predicted molar refractivity (Wildman–Crippen MR) is 88.3 cm³/mol. The van der Waals surface area contributed by atoms with Gasteiger partial charge in [0.05, 0.1) is 19.8 Å². The third kappa shape index (κ3) is 2.78. The van der Waals surface area contributed by atoms with E-state index in [1.807, 2.05) is 12.1 Å². The second kappa shape index (κ2) is 5.60. The third-order valence-electron chi connectivity index (χ3n) is 5.05. The summed E-state index contributed by atoms with van der Waals surface area (Å²) >= 11 is 3.49. The Balaban J connectivity index is 1.47. The second-order valence-electron chi connectivity index (χ2n) is 6.84. The Labute approximate surface area is 143 Å². The number of ether oxygens (including phenoxy) is 1. The first kappa shape index (κ1) is 15.1. The van der Waals surface area contributed by atoms with E-state index in [0.717, 1.165) is 28.4 Å². The summed E-state index contributed by atoms with van der Waals surface area (Å²) in [6.45, 7) is 2.86. The molecule has 4 rings (SSSR count). The Morgan fingerprint density at radius 1 is 1.39 bits per heavy atom. The zero-order valence-electron chi connectivity index (χ0n) is 12.8. The average molecular weight is 379 g/mol. The third-order valence-corrected chi connectivity index (χ3v) is 5.54. The molecule has 1 aromatic carbocycles. The van der Waals surface area contributed by atoms with Crippen molar-refractivity contribution in [2.24, 2.45) is 5.92 Å². The molecule has 2 amide bonds. The van der Waals surface area contributed by atoms with Crippen molar-refractivity contribution in [1.82, 2.24) is 10.2 Å². The molecule has 0 atom stereocenters. The minimum absolute atomic E-state index is 0.0350. The van der Waals surface area contributed by atoms with Gasteiger partial charge in [-0.3, -0.25) is 9.59 Å². The van der Waals surface area contributed by atoms with Crippen molar-refractivity contribution < 1.29 is 14.3 Å². The van der Waals surface area contributed by atoms with E-state index in [1.54, 1.807) is 4.90 Å². The van der Waals surface area contributed by atoms with E-state index in [2.05, 4.69) is 27.3 Å². The van der Waals surface area contributed by atoms with Gasteiger partial charge in [0.15, 0.2) is 0 Å². The van der Waals surface area contributed by atoms with Crippen LogP contribution in [0.4, 0.5) is 0 Å². The fourth-order valence-electron chi connectivity index (χ4n) is 3.43. The molecule has 3 aliphatic rings. The van der Waals surface area contributed by atoms with Crippen LogP contribution in [0.2, 0.25) is 0 Å². The maximum atomic E-state index is 12.7. The summed E-state index contributed by atoms with van der Waals surface area (Å²) in [5.74, 6) is 0.303. The molecule has 6 heteroatoms. The second-order valence-corrected chi connectivity index (χ2v) is 7.75. The Hall–Kier alpha value is -1.40. The molecule has 122 valence electrons. The van der Waals surface area contributed by atoms with Crippen molar-refractivity contribution in [2.45, 2.75) is 18.3 Å². The van der Waals surface area contributed by atoms with E-state index in [4.69, 9.17) is 4.74 Å². The van der Waals surface area contributed by atoms with Crippen molar-refractivity contribution in [1.29, 1.82) is 0 Å². The lowest BCUT2D eigenvalue weighted by Crippen LogP contribution is -2.49. The van der Waals surface area contributed by atoms with Gasteiger partial charge in [0.1, 0.15) is 0 Å². The van der Waals surface area contributed by atoms with Crippen molar-refractivity contribution >= 4 is 27.7 Å². The Morgan fingerprint density at radius 2 is 2.17 bits per heavy atom. The topological polar surface area (TPSA) is 58.6 Å². The molecular weight excluding hydrogens is 360 g/mol. The number of benzene rings is 1. The monoisotopic (exact) mass is 378 g/mol. The van der Waals surface area contributed by atoms with Gasteiger partial charge in [-0.2, -0.15) is 0 Å². The molecule has 0 aromatic heterocycles. The van der Waals surface area contributed by atoms with E-state index in [9.17, 15) is 9.59 Å². The van der Waals surface area contributed by atoms with Crippen LogP contribution in [0.1, 0.15) is 28.8 Å². The van der Waals surface area contributed by atoms with E-state index in [-0.39, 0.29) is 23.8 Å². The Bertz CT molecular complexity index is 668. The highest BCUT2D eigenvalue weighted by Gasteiger charge is 2.51. The van der Waals surface area contributed by atoms with Gasteiger partial charge < -0.3 is 15.0 Å². The molecule has 23 heavy (non-hydrogen) atoms. The first-order chi connectivity index (χ1) is 11.1. The molecule has 1 spiro atoms. The van der Waals surface area contributed by atoms with Gasteiger partial charge in [-0.15, -0.1) is 0 Å². The zero-order valence-corrected chi connectivity index (χ0v) is 14.4. The Morgan fingerprint density at radius 3 is 2.83 bits per heavy atom. The Kier molecular flexibility index (Phi) is 3.69. The lowest BCUT2D eigenvalue weighted by atomic mass is 9.86. The highest BCUT2D eigenvalue weighted by atomic mass is 79.9. The van der Waals surface area contributed by atoms with Crippen LogP contribution in [0.5, 0.6) is 0 Å². The summed E-state index contributed by atoms with van der Waals surface area (Å²) in [5.41, 5.74) is 1.95. The molecule has 5 nitrogen and oxygen atoms in total. The smallest absolute Gasteiger partial charge is 0.254 e. The van der Waals surface area contributed by atoms with Gasteiger partial charge >= 0.3 is 0 Å². The molecule has 0 bridgehead atoms. The summed E-state index contributed by atoms with van der Waals surface area (Å²) in [5, 5.41) is 2.91. The van der Waals surface area contributed by atoms with Crippen LogP contribution in [0.25, 0.3) is 0 Å². The number of amides is 2. The van der Waals surface area contributed by atoms with Gasteiger partial charge in [0, 0.05) is 34.5 Å². The molecule has 2 aliphatic heterocycles. The maximum absolute atomic E-state index is 12.7. The van der Waals surface area contributed by atoms with Crippen LogP contribution >= 0.6 is 15.9 Å². The van der Waals surface area contributed by atoms with Crippen LogP contribution in [-0.2, 0) is 14.9 Å². The molecule has 0 radical (unpaired) electrons. The van der Waals surface area contributed by atoms with E-state index in [0.29, 0.717) is 32.2 Å². The SMILES string of the molecule is O=C(CN1CC2(CC2)c2cc(Br)ccc2C1=O)NCC1COC1. The fourth-order valence-corrected chi connectivity index (χ4v) is 3.79. The molecular formula is C17H19BrN2O3. The number of carbonyl (C=O) groups is 2. The molecule has 1 saturated heterocycles. The molecule has 1 aromatic rings. The zero-order chi connectivity index (χ0) is 16.0. The van der Waals surface area contributed by atoms with Crippen molar-refractivity contribution in [2.75, 3.05) is 32.8 Å². The maximum Gasteiger partial charge on any atom is 0.254 e. The van der Waals surface area contributed by atoms with Gasteiger partial charge in [-0.05, 0) is 36.6 Å². The van der Waals surface area contributed by atoms with Gasteiger partial charge in [-0.25, -0.2) is 0 Å². The standard InChI is InChI=1S/C17H19BrN2O3/c18-12-1-2-13-14(5-12)17(3-4-17)10-20(16(13)22)7-15(21)19-6-11-8-23-9-11/h1-2,5,11H,3-4,6-10H2,(H,19,21). The number of carbonyl (C=O) groups excluding carboxylic acids is 2. The minimum Gasteiger partial charge on any atom is -0.381 e. The molecule has 1 aliphatic carbocycles. The number of fused-ring (bicyclic) bond motifs is 2. The summed E-state index contributed by atoms with van der Waals surface area (Å²) in [4.78, 5) is 26.5. The van der Waals surface area contributed by atoms with Gasteiger partial charge in [0.25, 0.3) is 5.91 Å². The average Bonchev–Trinajstić information content (AvgIpc) is 3.23. The molecule has 1 N–H and O–H groups in total. The molecule has 2 fully saturated rings. The predicted octanol–water partition coefficient (Wildman–Crippen LogP) is 1.70. The first-order valence-electron chi connectivity index (χ1n) is 8.01. The lowest BCUT2D eigenvalue weighted by molar-refractivity contribution is -0.123. The number of nitrogens with zero attached hydrogens (tertiary/aromatic N) is 1. The summed E-state index contributed by atoms with van der Waals surface area (Å²) in [6.07, 6.45) is 2.17. The van der Waals surface area contributed by atoms with Gasteiger partial charge in [-0.1, -0.05) is 15.9 Å². The highest BCUT2D eigenvalue weighted by Crippen LogP contribution is 2.52. The van der Waals surface area contributed by atoms with Gasteiger partial charge in [0.2, 0.25) is 5.91 Å². The normalized spacial score (nSPS) is 21.8.